The molecule has 0 spiro atoms. The van der Waals surface area contributed by atoms with Crippen molar-refractivity contribution in [3.05, 3.63) is 35.6 Å². The number of ether oxygens (including phenoxy) is 1. The molecule has 0 bridgehead atoms. The zero-order valence-corrected chi connectivity index (χ0v) is 16.0. The summed E-state index contributed by atoms with van der Waals surface area (Å²) in [5.41, 5.74) is 0.870. The van der Waals surface area contributed by atoms with Gasteiger partial charge in [-0.05, 0) is 44.6 Å². The molecule has 7 heteroatoms. The van der Waals surface area contributed by atoms with Crippen LogP contribution in [0.3, 0.4) is 0 Å². The predicted molar refractivity (Wildman–Crippen MR) is 102 cm³/mol. The minimum Gasteiger partial charge on any atom is -0.396 e. The summed E-state index contributed by atoms with van der Waals surface area (Å²) in [7, 11) is 5.67. The lowest BCUT2D eigenvalue weighted by Crippen LogP contribution is -2.46. The molecule has 1 aromatic rings. The summed E-state index contributed by atoms with van der Waals surface area (Å²) in [4.78, 5) is 6.33. The van der Waals surface area contributed by atoms with Crippen molar-refractivity contribution in [3.63, 3.8) is 0 Å². The zero-order valence-electron chi connectivity index (χ0n) is 16.0. The van der Waals surface area contributed by atoms with Gasteiger partial charge in [0, 0.05) is 38.8 Å². The van der Waals surface area contributed by atoms with Gasteiger partial charge in [-0.3, -0.25) is 4.99 Å². The van der Waals surface area contributed by atoms with Gasteiger partial charge >= 0.3 is 0 Å². The van der Waals surface area contributed by atoms with Crippen LogP contribution in [0.15, 0.2) is 29.3 Å². The molecule has 2 unspecified atom stereocenters. The van der Waals surface area contributed by atoms with Crippen LogP contribution in [0.25, 0.3) is 0 Å². The van der Waals surface area contributed by atoms with Crippen molar-refractivity contribution in [2.75, 3.05) is 54.1 Å². The second-order valence-corrected chi connectivity index (χ2v) is 7.12. The van der Waals surface area contributed by atoms with Crippen LogP contribution >= 0.6 is 0 Å². The van der Waals surface area contributed by atoms with Crippen LogP contribution in [0.5, 0.6) is 0 Å². The molecule has 3 N–H and O–H groups in total. The number of rotatable bonds is 8. The smallest absolute Gasteiger partial charge is 0.191 e. The standard InChI is InChI=1S/C19H31FN4O2/c1-21-18(23-13-19(7-9-25)8-10-26-14-19)22-12-17(24(2)3)15-5-4-6-16(20)11-15/h4-6,11,17,25H,7-10,12-14H2,1-3H3,(H2,21,22,23). The maximum absolute atomic E-state index is 13.6. The van der Waals surface area contributed by atoms with Crippen LogP contribution in [0.1, 0.15) is 24.4 Å². The van der Waals surface area contributed by atoms with E-state index in [4.69, 9.17) is 4.74 Å². The van der Waals surface area contributed by atoms with Gasteiger partial charge in [-0.2, -0.15) is 0 Å². The molecular weight excluding hydrogens is 335 g/mol. The number of nitrogens with one attached hydrogen (secondary N) is 2. The number of benzene rings is 1. The summed E-state index contributed by atoms with van der Waals surface area (Å²) < 4.78 is 19.1. The average molecular weight is 366 g/mol. The number of guanidine groups is 1. The first-order valence-electron chi connectivity index (χ1n) is 9.05. The van der Waals surface area contributed by atoms with Crippen LogP contribution in [-0.2, 0) is 4.74 Å². The van der Waals surface area contributed by atoms with Crippen LogP contribution in [0, 0.1) is 11.2 Å². The molecule has 1 aliphatic rings. The molecule has 1 heterocycles. The van der Waals surface area contributed by atoms with Crippen LogP contribution < -0.4 is 10.6 Å². The van der Waals surface area contributed by atoms with Gasteiger partial charge in [-0.25, -0.2) is 4.39 Å². The van der Waals surface area contributed by atoms with E-state index in [9.17, 15) is 9.50 Å². The summed E-state index contributed by atoms with van der Waals surface area (Å²) in [6, 6.07) is 6.69. The van der Waals surface area contributed by atoms with Crippen molar-refractivity contribution in [3.8, 4) is 0 Å². The molecular formula is C19H31FN4O2. The maximum atomic E-state index is 13.6. The summed E-state index contributed by atoms with van der Waals surface area (Å²) in [5.74, 6) is 0.460. The molecule has 2 atom stereocenters. The second-order valence-electron chi connectivity index (χ2n) is 7.12. The fourth-order valence-corrected chi connectivity index (χ4v) is 3.31. The molecule has 0 aliphatic carbocycles. The molecule has 2 rings (SSSR count). The van der Waals surface area contributed by atoms with Crippen molar-refractivity contribution in [1.82, 2.24) is 15.5 Å². The fourth-order valence-electron chi connectivity index (χ4n) is 3.31. The molecule has 0 amide bonds. The molecule has 0 radical (unpaired) electrons. The average Bonchev–Trinajstić information content (AvgIpc) is 3.07. The fraction of sp³-hybridized carbons (Fsp3) is 0.632. The van der Waals surface area contributed by atoms with Gasteiger partial charge in [-0.1, -0.05) is 12.1 Å². The molecule has 1 saturated heterocycles. The highest BCUT2D eigenvalue weighted by Crippen LogP contribution is 2.31. The highest BCUT2D eigenvalue weighted by Gasteiger charge is 2.34. The lowest BCUT2D eigenvalue weighted by molar-refractivity contribution is 0.127. The molecule has 26 heavy (non-hydrogen) atoms. The van der Waals surface area contributed by atoms with Gasteiger partial charge < -0.3 is 25.4 Å². The van der Waals surface area contributed by atoms with E-state index in [2.05, 4.69) is 15.6 Å². The third-order valence-electron chi connectivity index (χ3n) is 5.00. The largest absolute Gasteiger partial charge is 0.396 e. The number of likely N-dealkylation sites (N-methyl/N-ethyl adjacent to an activating group) is 1. The molecule has 1 fully saturated rings. The number of hydrogen-bond acceptors (Lipinski definition) is 4. The third-order valence-corrected chi connectivity index (χ3v) is 5.00. The number of aliphatic imine (C=N–C) groups is 1. The molecule has 146 valence electrons. The lowest BCUT2D eigenvalue weighted by atomic mass is 9.84. The van der Waals surface area contributed by atoms with Crippen LogP contribution in [-0.4, -0.2) is 70.0 Å². The van der Waals surface area contributed by atoms with Crippen molar-refractivity contribution in [2.45, 2.75) is 18.9 Å². The van der Waals surface area contributed by atoms with E-state index in [0.717, 1.165) is 18.6 Å². The van der Waals surface area contributed by atoms with Crippen LogP contribution in [0.4, 0.5) is 4.39 Å². The van der Waals surface area contributed by atoms with Gasteiger partial charge in [0.05, 0.1) is 12.6 Å². The van der Waals surface area contributed by atoms with Gasteiger partial charge in [0.2, 0.25) is 0 Å². The van der Waals surface area contributed by atoms with Crippen molar-refractivity contribution in [2.24, 2.45) is 10.4 Å². The highest BCUT2D eigenvalue weighted by molar-refractivity contribution is 5.79. The van der Waals surface area contributed by atoms with Gasteiger partial charge in [-0.15, -0.1) is 0 Å². The Morgan fingerprint density at radius 3 is 2.81 bits per heavy atom. The molecule has 1 aromatic carbocycles. The number of hydrogen-bond donors (Lipinski definition) is 3. The lowest BCUT2D eigenvalue weighted by Gasteiger charge is -2.29. The normalized spacial score (nSPS) is 21.8. The van der Waals surface area contributed by atoms with Crippen molar-refractivity contribution in [1.29, 1.82) is 0 Å². The van der Waals surface area contributed by atoms with E-state index in [1.807, 2.05) is 25.1 Å². The zero-order chi connectivity index (χ0) is 19.0. The first-order valence-corrected chi connectivity index (χ1v) is 9.05. The Morgan fingerprint density at radius 2 is 2.23 bits per heavy atom. The molecule has 0 aromatic heterocycles. The number of halogens is 1. The summed E-state index contributed by atoms with van der Waals surface area (Å²) in [6.07, 6.45) is 1.64. The van der Waals surface area contributed by atoms with E-state index in [1.54, 1.807) is 19.2 Å². The topological polar surface area (TPSA) is 69.1 Å². The SMILES string of the molecule is CN=C(NCC(c1cccc(F)c1)N(C)C)NCC1(CCO)CCOC1. The second kappa shape index (κ2) is 9.85. The first kappa shape index (κ1) is 20.6. The predicted octanol–water partition coefficient (Wildman–Crippen LogP) is 1.38. The monoisotopic (exact) mass is 366 g/mol. The number of nitrogens with zero attached hydrogens (tertiary/aromatic N) is 2. The Morgan fingerprint density at radius 1 is 1.42 bits per heavy atom. The quantitative estimate of drug-likeness (QED) is 0.479. The Labute approximate surface area is 155 Å². The van der Waals surface area contributed by atoms with E-state index < -0.39 is 0 Å². The molecule has 1 aliphatic heterocycles. The Balaban J connectivity index is 1.94. The Hall–Kier alpha value is -1.70. The number of aliphatic hydroxyl groups excluding tert-OH is 1. The minimum atomic E-state index is -0.232. The summed E-state index contributed by atoms with van der Waals surface area (Å²) >= 11 is 0. The van der Waals surface area contributed by atoms with Gasteiger partial charge in [0.15, 0.2) is 5.96 Å². The van der Waals surface area contributed by atoms with Crippen LogP contribution in [0.2, 0.25) is 0 Å². The van der Waals surface area contributed by atoms with Gasteiger partial charge in [0.25, 0.3) is 0 Å². The first-order chi connectivity index (χ1) is 12.5. The third kappa shape index (κ3) is 5.65. The van der Waals surface area contributed by atoms with Crippen molar-refractivity contribution >= 4 is 5.96 Å². The summed E-state index contributed by atoms with van der Waals surface area (Å²) in [6.45, 7) is 2.83. The Kier molecular flexibility index (Phi) is 7.81. The van der Waals surface area contributed by atoms with Gasteiger partial charge in [0.1, 0.15) is 5.82 Å². The number of aliphatic hydroxyl groups is 1. The molecule has 6 nitrogen and oxygen atoms in total. The van der Waals surface area contributed by atoms with E-state index in [1.165, 1.54) is 6.07 Å². The van der Waals surface area contributed by atoms with E-state index in [-0.39, 0.29) is 23.9 Å². The maximum Gasteiger partial charge on any atom is 0.191 e. The van der Waals surface area contributed by atoms with E-state index >= 15 is 0 Å². The minimum absolute atomic E-state index is 0.0189. The van der Waals surface area contributed by atoms with E-state index in [0.29, 0.717) is 32.1 Å². The van der Waals surface area contributed by atoms with Crippen molar-refractivity contribution < 1.29 is 14.2 Å². The molecule has 0 saturated carbocycles. The summed E-state index contributed by atoms with van der Waals surface area (Å²) in [5, 5.41) is 16.0. The highest BCUT2D eigenvalue weighted by atomic mass is 19.1. The Bertz CT molecular complexity index is 589.